The number of rotatable bonds is 5. The SMILES string of the molecule is CCC(=O)NC[C@@H](c1ccsc1)N1CCN(C)CC1. The standard InChI is InChI=1S/C14H23N3OS/c1-3-14(18)15-10-13(12-4-9-19-11-12)17-7-5-16(2)6-8-17/h4,9,11,13H,3,5-8,10H2,1-2H3,(H,15,18)/t13-/m0/s1. The van der Waals surface area contributed by atoms with Crippen molar-refractivity contribution >= 4 is 17.2 Å². The Morgan fingerprint density at radius 1 is 1.42 bits per heavy atom. The number of piperazine rings is 1. The van der Waals surface area contributed by atoms with Crippen LogP contribution in [0.5, 0.6) is 0 Å². The Labute approximate surface area is 119 Å². The Balaban J connectivity index is 2.00. The van der Waals surface area contributed by atoms with Gasteiger partial charge in [-0.3, -0.25) is 9.69 Å². The van der Waals surface area contributed by atoms with Crippen LogP contribution in [0.15, 0.2) is 16.8 Å². The van der Waals surface area contributed by atoms with Crippen molar-refractivity contribution in [3.05, 3.63) is 22.4 Å². The van der Waals surface area contributed by atoms with E-state index in [1.54, 1.807) is 11.3 Å². The molecule has 1 fully saturated rings. The van der Waals surface area contributed by atoms with Crippen molar-refractivity contribution in [2.24, 2.45) is 0 Å². The first-order valence-electron chi connectivity index (χ1n) is 6.92. The summed E-state index contributed by atoms with van der Waals surface area (Å²) in [7, 11) is 2.16. The zero-order valence-corrected chi connectivity index (χ0v) is 12.6. The molecule has 4 nitrogen and oxygen atoms in total. The maximum Gasteiger partial charge on any atom is 0.219 e. The van der Waals surface area contributed by atoms with E-state index in [0.29, 0.717) is 19.0 Å². The molecule has 1 aromatic rings. The molecule has 2 rings (SSSR count). The molecule has 0 aromatic carbocycles. The average Bonchev–Trinajstić information content (AvgIpc) is 2.94. The van der Waals surface area contributed by atoms with E-state index >= 15 is 0 Å². The normalized spacial score (nSPS) is 19.3. The van der Waals surface area contributed by atoms with Crippen molar-refractivity contribution in [2.45, 2.75) is 19.4 Å². The highest BCUT2D eigenvalue weighted by molar-refractivity contribution is 7.07. The average molecular weight is 281 g/mol. The molecular weight excluding hydrogens is 258 g/mol. The van der Waals surface area contributed by atoms with E-state index in [-0.39, 0.29) is 5.91 Å². The molecule has 1 aliphatic rings. The van der Waals surface area contributed by atoms with Crippen LogP contribution in [-0.4, -0.2) is 55.5 Å². The number of carbonyl (C=O) groups is 1. The van der Waals surface area contributed by atoms with Crippen LogP contribution in [0, 0.1) is 0 Å². The van der Waals surface area contributed by atoms with Crippen molar-refractivity contribution in [2.75, 3.05) is 39.8 Å². The van der Waals surface area contributed by atoms with Gasteiger partial charge < -0.3 is 10.2 Å². The second-order valence-corrected chi connectivity index (χ2v) is 5.85. The van der Waals surface area contributed by atoms with Gasteiger partial charge in [-0.15, -0.1) is 0 Å². The lowest BCUT2D eigenvalue weighted by Gasteiger charge is -2.38. The van der Waals surface area contributed by atoms with Gasteiger partial charge in [0.25, 0.3) is 0 Å². The number of thiophene rings is 1. The van der Waals surface area contributed by atoms with Gasteiger partial charge in [0.1, 0.15) is 0 Å². The molecule has 1 amide bonds. The van der Waals surface area contributed by atoms with Crippen molar-refractivity contribution < 1.29 is 4.79 Å². The maximum absolute atomic E-state index is 11.5. The molecule has 1 N–H and O–H groups in total. The Bertz CT molecular complexity index is 385. The van der Waals surface area contributed by atoms with Gasteiger partial charge in [0, 0.05) is 39.1 Å². The van der Waals surface area contributed by atoms with Crippen molar-refractivity contribution in [1.82, 2.24) is 15.1 Å². The Morgan fingerprint density at radius 2 is 2.16 bits per heavy atom. The predicted molar refractivity (Wildman–Crippen MR) is 79.4 cm³/mol. The number of likely N-dealkylation sites (N-methyl/N-ethyl adjacent to an activating group) is 1. The number of hydrogen-bond acceptors (Lipinski definition) is 4. The fourth-order valence-electron chi connectivity index (χ4n) is 2.39. The first-order valence-corrected chi connectivity index (χ1v) is 7.86. The molecule has 5 heteroatoms. The zero-order chi connectivity index (χ0) is 13.7. The molecule has 1 aromatic heterocycles. The van der Waals surface area contributed by atoms with Crippen LogP contribution in [0.25, 0.3) is 0 Å². The number of hydrogen-bond donors (Lipinski definition) is 1. The van der Waals surface area contributed by atoms with E-state index in [2.05, 4.69) is 39.0 Å². The van der Waals surface area contributed by atoms with E-state index in [9.17, 15) is 4.79 Å². The summed E-state index contributed by atoms with van der Waals surface area (Å²) in [5.41, 5.74) is 1.32. The Morgan fingerprint density at radius 3 is 2.74 bits per heavy atom. The number of nitrogens with one attached hydrogen (secondary N) is 1. The van der Waals surface area contributed by atoms with E-state index in [1.807, 2.05) is 6.92 Å². The lowest BCUT2D eigenvalue weighted by Crippen LogP contribution is -2.48. The van der Waals surface area contributed by atoms with Gasteiger partial charge in [-0.25, -0.2) is 0 Å². The van der Waals surface area contributed by atoms with Gasteiger partial charge in [-0.05, 0) is 29.4 Å². The van der Waals surface area contributed by atoms with Gasteiger partial charge in [0.05, 0.1) is 6.04 Å². The fraction of sp³-hybridized carbons (Fsp3) is 0.643. The molecule has 0 bridgehead atoms. The summed E-state index contributed by atoms with van der Waals surface area (Å²) in [4.78, 5) is 16.3. The summed E-state index contributed by atoms with van der Waals surface area (Å²) in [6.45, 7) is 6.95. The van der Waals surface area contributed by atoms with E-state index in [1.165, 1.54) is 5.56 Å². The van der Waals surface area contributed by atoms with E-state index in [0.717, 1.165) is 26.2 Å². The van der Waals surface area contributed by atoms with Crippen molar-refractivity contribution in [3.63, 3.8) is 0 Å². The second-order valence-electron chi connectivity index (χ2n) is 5.07. The molecule has 0 spiro atoms. The second kappa shape index (κ2) is 7.03. The fourth-order valence-corrected chi connectivity index (χ4v) is 3.10. The largest absolute Gasteiger partial charge is 0.354 e. The summed E-state index contributed by atoms with van der Waals surface area (Å²) in [6.07, 6.45) is 0.555. The van der Waals surface area contributed by atoms with Gasteiger partial charge in [-0.1, -0.05) is 6.92 Å². The van der Waals surface area contributed by atoms with Crippen LogP contribution >= 0.6 is 11.3 Å². The number of carbonyl (C=O) groups excluding carboxylic acids is 1. The third-order valence-corrected chi connectivity index (χ3v) is 4.42. The third-order valence-electron chi connectivity index (χ3n) is 3.72. The van der Waals surface area contributed by atoms with Crippen LogP contribution < -0.4 is 5.32 Å². The third kappa shape index (κ3) is 4.03. The summed E-state index contributed by atoms with van der Waals surface area (Å²) >= 11 is 1.72. The highest BCUT2D eigenvalue weighted by Gasteiger charge is 2.24. The molecule has 2 heterocycles. The molecule has 0 aliphatic carbocycles. The van der Waals surface area contributed by atoms with Crippen molar-refractivity contribution in [1.29, 1.82) is 0 Å². The molecule has 1 aliphatic heterocycles. The minimum atomic E-state index is 0.134. The van der Waals surface area contributed by atoms with Gasteiger partial charge in [-0.2, -0.15) is 11.3 Å². The Hall–Kier alpha value is -0.910. The highest BCUT2D eigenvalue weighted by atomic mass is 32.1. The molecular formula is C14H23N3OS. The first-order chi connectivity index (χ1) is 9.20. The molecule has 0 saturated carbocycles. The molecule has 0 unspecified atom stereocenters. The van der Waals surface area contributed by atoms with Crippen molar-refractivity contribution in [3.8, 4) is 0 Å². The monoisotopic (exact) mass is 281 g/mol. The number of amides is 1. The van der Waals surface area contributed by atoms with Crippen LogP contribution in [0.4, 0.5) is 0 Å². The molecule has 106 valence electrons. The van der Waals surface area contributed by atoms with Crippen LogP contribution in [0.1, 0.15) is 24.9 Å². The lowest BCUT2D eigenvalue weighted by atomic mass is 10.1. The molecule has 1 atom stereocenters. The minimum Gasteiger partial charge on any atom is -0.354 e. The Kier molecular flexibility index (Phi) is 5.36. The quantitative estimate of drug-likeness (QED) is 0.890. The predicted octanol–water partition coefficient (Wildman–Crippen LogP) is 1.56. The summed E-state index contributed by atoms with van der Waals surface area (Å²) in [5, 5.41) is 7.35. The van der Waals surface area contributed by atoms with Crippen LogP contribution in [-0.2, 0) is 4.79 Å². The summed E-state index contributed by atoms with van der Waals surface area (Å²) in [6, 6.07) is 2.49. The van der Waals surface area contributed by atoms with Gasteiger partial charge in [0.15, 0.2) is 0 Å². The topological polar surface area (TPSA) is 35.6 Å². The smallest absolute Gasteiger partial charge is 0.219 e. The van der Waals surface area contributed by atoms with Crippen LogP contribution in [0.2, 0.25) is 0 Å². The zero-order valence-electron chi connectivity index (χ0n) is 11.8. The summed E-state index contributed by atoms with van der Waals surface area (Å²) in [5.74, 6) is 0.134. The van der Waals surface area contributed by atoms with Crippen LogP contribution in [0.3, 0.4) is 0 Å². The maximum atomic E-state index is 11.5. The van der Waals surface area contributed by atoms with E-state index < -0.39 is 0 Å². The molecule has 1 saturated heterocycles. The minimum absolute atomic E-state index is 0.134. The molecule has 19 heavy (non-hydrogen) atoms. The van der Waals surface area contributed by atoms with E-state index in [4.69, 9.17) is 0 Å². The first kappa shape index (κ1) is 14.5. The van der Waals surface area contributed by atoms with Gasteiger partial charge in [0.2, 0.25) is 5.91 Å². The lowest BCUT2D eigenvalue weighted by molar-refractivity contribution is -0.121. The highest BCUT2D eigenvalue weighted by Crippen LogP contribution is 2.23. The molecule has 0 radical (unpaired) electrons. The summed E-state index contributed by atoms with van der Waals surface area (Å²) < 4.78 is 0. The van der Waals surface area contributed by atoms with Gasteiger partial charge >= 0.3 is 0 Å². The number of nitrogens with zero attached hydrogens (tertiary/aromatic N) is 2.